The highest BCUT2D eigenvalue weighted by molar-refractivity contribution is 9.10. The van der Waals surface area contributed by atoms with Crippen LogP contribution in [0.5, 0.6) is 0 Å². The molecule has 0 atom stereocenters. The number of para-hydroxylation sites is 1. The Labute approximate surface area is 146 Å². The van der Waals surface area contributed by atoms with Crippen molar-refractivity contribution in [1.29, 1.82) is 0 Å². The molecule has 4 rings (SSSR count). The summed E-state index contributed by atoms with van der Waals surface area (Å²) in [7, 11) is -3.71. The van der Waals surface area contributed by atoms with Crippen LogP contribution in [0.2, 0.25) is 0 Å². The van der Waals surface area contributed by atoms with E-state index in [1.165, 1.54) is 10.4 Å². The van der Waals surface area contributed by atoms with Gasteiger partial charge in [0.15, 0.2) is 16.8 Å². The third-order valence-electron chi connectivity index (χ3n) is 3.75. The molecule has 7 heteroatoms. The molecular formula is C17H11BrN2O3S. The van der Waals surface area contributed by atoms with Crippen LogP contribution < -0.4 is 0 Å². The fraction of sp³-hybridized carbons (Fsp3) is 0. The fourth-order valence-corrected chi connectivity index (χ4v) is 4.42. The molecule has 0 aliphatic carbocycles. The Morgan fingerprint density at radius 3 is 2.42 bits per heavy atom. The standard InChI is InChI=1S/C17H11BrN2O3S/c18-17-16(23-11-19-17)14-10-20(15-9-5-4-8-13(14)15)24(21,22)12-6-2-1-3-7-12/h1-11H. The summed E-state index contributed by atoms with van der Waals surface area (Å²) < 4.78 is 33.3. The summed E-state index contributed by atoms with van der Waals surface area (Å²) in [6.45, 7) is 0. The molecule has 24 heavy (non-hydrogen) atoms. The topological polar surface area (TPSA) is 65.1 Å². The minimum atomic E-state index is -3.71. The van der Waals surface area contributed by atoms with Crippen molar-refractivity contribution in [2.75, 3.05) is 0 Å². The highest BCUT2D eigenvalue weighted by atomic mass is 79.9. The number of oxazole rings is 1. The number of halogens is 1. The molecule has 0 amide bonds. The minimum Gasteiger partial charge on any atom is -0.442 e. The van der Waals surface area contributed by atoms with Gasteiger partial charge in [-0.1, -0.05) is 36.4 Å². The van der Waals surface area contributed by atoms with Gasteiger partial charge in [-0.3, -0.25) is 0 Å². The second-order valence-corrected chi connectivity index (χ2v) is 7.71. The van der Waals surface area contributed by atoms with Crippen molar-refractivity contribution in [3.63, 3.8) is 0 Å². The van der Waals surface area contributed by atoms with Crippen molar-refractivity contribution in [2.45, 2.75) is 4.90 Å². The van der Waals surface area contributed by atoms with Gasteiger partial charge >= 0.3 is 0 Å². The molecule has 0 saturated carbocycles. The molecule has 120 valence electrons. The van der Waals surface area contributed by atoms with E-state index < -0.39 is 10.0 Å². The Balaban J connectivity index is 2.03. The lowest BCUT2D eigenvalue weighted by molar-refractivity contribution is 0.572. The maximum atomic E-state index is 13.0. The molecule has 0 bridgehead atoms. The molecule has 0 fully saturated rings. The zero-order valence-electron chi connectivity index (χ0n) is 12.3. The molecule has 0 aliphatic rings. The maximum Gasteiger partial charge on any atom is 0.268 e. The molecule has 0 unspecified atom stereocenters. The molecule has 4 aromatic rings. The lowest BCUT2D eigenvalue weighted by Crippen LogP contribution is -2.11. The molecule has 0 N–H and O–H groups in total. The summed E-state index contributed by atoms with van der Waals surface area (Å²) in [4.78, 5) is 4.25. The van der Waals surface area contributed by atoms with E-state index in [0.717, 1.165) is 5.39 Å². The van der Waals surface area contributed by atoms with Crippen LogP contribution in [0.3, 0.4) is 0 Å². The number of benzene rings is 2. The van der Waals surface area contributed by atoms with E-state index in [1.54, 1.807) is 48.7 Å². The van der Waals surface area contributed by atoms with Crippen LogP contribution in [0.1, 0.15) is 0 Å². The van der Waals surface area contributed by atoms with Crippen molar-refractivity contribution in [2.24, 2.45) is 0 Å². The minimum absolute atomic E-state index is 0.230. The average Bonchev–Trinajstić information content (AvgIpc) is 3.19. The summed E-state index contributed by atoms with van der Waals surface area (Å²) in [5.41, 5.74) is 1.24. The normalized spacial score (nSPS) is 11.9. The molecule has 0 spiro atoms. The summed E-state index contributed by atoms with van der Waals surface area (Å²) in [5.74, 6) is 0.494. The van der Waals surface area contributed by atoms with Crippen molar-refractivity contribution < 1.29 is 12.8 Å². The predicted molar refractivity (Wildman–Crippen MR) is 94.2 cm³/mol. The van der Waals surface area contributed by atoms with Gasteiger partial charge in [0.05, 0.1) is 10.4 Å². The first-order valence-electron chi connectivity index (χ1n) is 7.09. The van der Waals surface area contributed by atoms with Crippen LogP contribution in [0.25, 0.3) is 22.2 Å². The number of rotatable bonds is 3. The van der Waals surface area contributed by atoms with Gasteiger partial charge in [0.25, 0.3) is 10.0 Å². The molecule has 0 radical (unpaired) electrons. The number of aromatic nitrogens is 2. The number of nitrogens with zero attached hydrogens (tertiary/aromatic N) is 2. The van der Waals surface area contributed by atoms with Gasteiger partial charge in [-0.2, -0.15) is 0 Å². The third kappa shape index (κ3) is 2.28. The zero-order valence-corrected chi connectivity index (χ0v) is 14.7. The summed E-state index contributed by atoms with van der Waals surface area (Å²) >= 11 is 3.33. The summed E-state index contributed by atoms with van der Waals surface area (Å²) in [6, 6.07) is 15.6. The van der Waals surface area contributed by atoms with Crippen LogP contribution in [0.15, 0.2) is 81.1 Å². The average molecular weight is 403 g/mol. The predicted octanol–water partition coefficient (Wildman–Crippen LogP) is 4.30. The van der Waals surface area contributed by atoms with E-state index in [-0.39, 0.29) is 4.90 Å². The first-order chi connectivity index (χ1) is 11.6. The lowest BCUT2D eigenvalue weighted by Gasteiger charge is -2.07. The summed E-state index contributed by atoms with van der Waals surface area (Å²) in [6.07, 6.45) is 2.88. The number of hydrogen-bond donors (Lipinski definition) is 0. The second kappa shape index (κ2) is 5.61. The number of fused-ring (bicyclic) bond motifs is 1. The Hall–Kier alpha value is -2.38. The molecule has 0 saturated heterocycles. The highest BCUT2D eigenvalue weighted by Crippen LogP contribution is 2.36. The molecule has 2 aromatic heterocycles. The van der Waals surface area contributed by atoms with E-state index in [2.05, 4.69) is 20.9 Å². The lowest BCUT2D eigenvalue weighted by atomic mass is 10.1. The quantitative estimate of drug-likeness (QED) is 0.512. The fourth-order valence-electron chi connectivity index (χ4n) is 2.64. The monoisotopic (exact) mass is 402 g/mol. The SMILES string of the molecule is O=S(=O)(c1ccccc1)n1cc(-c2ocnc2Br)c2ccccc21. The molecule has 2 aromatic carbocycles. The van der Waals surface area contributed by atoms with Gasteiger partial charge < -0.3 is 4.42 Å². The summed E-state index contributed by atoms with van der Waals surface area (Å²) in [5, 5.41) is 0.773. The first-order valence-corrected chi connectivity index (χ1v) is 9.32. The van der Waals surface area contributed by atoms with Gasteiger partial charge in [0.1, 0.15) is 0 Å². The van der Waals surface area contributed by atoms with E-state index >= 15 is 0 Å². The largest absolute Gasteiger partial charge is 0.442 e. The Bertz CT molecular complexity index is 1130. The number of hydrogen-bond acceptors (Lipinski definition) is 4. The van der Waals surface area contributed by atoms with Crippen molar-refractivity contribution in [3.05, 3.63) is 71.8 Å². The molecular weight excluding hydrogens is 392 g/mol. The van der Waals surface area contributed by atoms with Crippen molar-refractivity contribution >= 4 is 36.9 Å². The highest BCUT2D eigenvalue weighted by Gasteiger charge is 2.23. The Morgan fingerprint density at radius 1 is 1.00 bits per heavy atom. The Kier molecular flexibility index (Phi) is 3.54. The van der Waals surface area contributed by atoms with Crippen molar-refractivity contribution in [1.82, 2.24) is 8.96 Å². The van der Waals surface area contributed by atoms with Gasteiger partial charge in [0, 0.05) is 17.1 Å². The van der Waals surface area contributed by atoms with E-state index in [1.807, 2.05) is 12.1 Å². The van der Waals surface area contributed by atoms with Gasteiger partial charge in [0.2, 0.25) is 0 Å². The van der Waals surface area contributed by atoms with Gasteiger partial charge in [-0.15, -0.1) is 0 Å². The van der Waals surface area contributed by atoms with Crippen LogP contribution >= 0.6 is 15.9 Å². The van der Waals surface area contributed by atoms with Gasteiger partial charge in [-0.25, -0.2) is 17.4 Å². The van der Waals surface area contributed by atoms with Crippen LogP contribution in [0.4, 0.5) is 0 Å². The van der Waals surface area contributed by atoms with Gasteiger partial charge in [-0.05, 0) is 34.1 Å². The van der Waals surface area contributed by atoms with E-state index in [9.17, 15) is 8.42 Å². The van der Waals surface area contributed by atoms with Crippen LogP contribution in [-0.4, -0.2) is 17.4 Å². The van der Waals surface area contributed by atoms with Crippen LogP contribution in [-0.2, 0) is 10.0 Å². The Morgan fingerprint density at radius 2 is 1.71 bits per heavy atom. The zero-order chi connectivity index (χ0) is 16.7. The smallest absolute Gasteiger partial charge is 0.268 e. The van der Waals surface area contributed by atoms with Crippen molar-refractivity contribution in [3.8, 4) is 11.3 Å². The molecule has 5 nitrogen and oxygen atoms in total. The van der Waals surface area contributed by atoms with Crippen LogP contribution in [0, 0.1) is 0 Å². The van der Waals surface area contributed by atoms with E-state index in [4.69, 9.17) is 4.42 Å². The second-order valence-electron chi connectivity index (χ2n) is 5.15. The molecule has 0 aliphatic heterocycles. The van der Waals surface area contributed by atoms with E-state index in [0.29, 0.717) is 21.4 Å². The maximum absolute atomic E-state index is 13.0. The third-order valence-corrected chi connectivity index (χ3v) is 6.00. The first kappa shape index (κ1) is 15.2. The molecule has 2 heterocycles.